The molecule has 3 unspecified atom stereocenters. The molecule has 6 aromatic rings. The molecule has 13 heteroatoms. The maximum absolute atomic E-state index is 12.6. The summed E-state index contributed by atoms with van der Waals surface area (Å²) in [6.07, 6.45) is 5.16. The second-order valence-corrected chi connectivity index (χ2v) is 20.8. The van der Waals surface area contributed by atoms with Crippen molar-refractivity contribution < 1.29 is 47.6 Å². The first-order chi connectivity index (χ1) is 37.3. The number of carbonyl (C=O) groups excluding carboxylic acids is 4. The van der Waals surface area contributed by atoms with E-state index in [2.05, 4.69) is 64.4 Å². The number of nitrogens with one attached hydrogen (secondary N) is 3. The molecule has 3 amide bonds. The molecular formula is C65H81N3O10. The highest BCUT2D eigenvalue weighted by atomic mass is 16.7. The van der Waals surface area contributed by atoms with Crippen LogP contribution in [0.25, 0.3) is 0 Å². The first-order valence-electron chi connectivity index (χ1n) is 27.3. The molecule has 3 atom stereocenters. The molecule has 1 fully saturated rings. The maximum Gasteiger partial charge on any atom is 0.514 e. The Bertz CT molecular complexity index is 2820. The van der Waals surface area contributed by atoms with Crippen molar-refractivity contribution in [1.29, 1.82) is 0 Å². The molecule has 1 aliphatic rings. The van der Waals surface area contributed by atoms with Crippen LogP contribution in [0.3, 0.4) is 0 Å². The lowest BCUT2D eigenvalue weighted by molar-refractivity contribution is -0.105. The predicted molar refractivity (Wildman–Crippen MR) is 311 cm³/mol. The number of para-hydroxylation sites is 6. The molecular weight excluding hydrogens is 983 g/mol. The minimum absolute atomic E-state index is 0.106. The Labute approximate surface area is 462 Å². The SMILES string of the molecule is CCC(C)c1ccc(C(=O)Nc2ccccc2OC(=O)OC(C)(C)C)cc1.CCC(C)c1ccc(C(=O)Nc2ccccc2OC2CCCCO2)cc1.CCOCOc1ccccc1NC(=O)c1ccc(C(C)(C)CC)cc1. The average molecular weight is 1060 g/mol. The topological polar surface area (TPSA) is 160 Å². The fraction of sp³-hybridized carbons (Fsp3) is 0.385. The molecule has 0 aromatic heterocycles. The number of carbonyl (C=O) groups is 4. The summed E-state index contributed by atoms with van der Waals surface area (Å²) >= 11 is 0. The van der Waals surface area contributed by atoms with Gasteiger partial charge in [0.25, 0.3) is 17.7 Å². The molecule has 0 bridgehead atoms. The predicted octanol–water partition coefficient (Wildman–Crippen LogP) is 16.1. The van der Waals surface area contributed by atoms with Crippen LogP contribution >= 0.6 is 0 Å². The molecule has 1 heterocycles. The lowest BCUT2D eigenvalue weighted by atomic mass is 9.82. The third kappa shape index (κ3) is 19.5. The fourth-order valence-electron chi connectivity index (χ4n) is 7.78. The summed E-state index contributed by atoms with van der Waals surface area (Å²) in [5.74, 6) is 1.84. The first-order valence-corrected chi connectivity index (χ1v) is 27.3. The molecule has 0 saturated carbocycles. The van der Waals surface area contributed by atoms with Gasteiger partial charge < -0.3 is 44.4 Å². The molecule has 1 aliphatic heterocycles. The average Bonchev–Trinajstić information content (AvgIpc) is 3.45. The van der Waals surface area contributed by atoms with Gasteiger partial charge in [-0.15, -0.1) is 0 Å². The Morgan fingerprint density at radius 2 is 1.00 bits per heavy atom. The highest BCUT2D eigenvalue weighted by Crippen LogP contribution is 2.31. The van der Waals surface area contributed by atoms with Crippen molar-refractivity contribution in [2.24, 2.45) is 0 Å². The number of anilines is 3. The second-order valence-electron chi connectivity index (χ2n) is 20.8. The number of amides is 3. The van der Waals surface area contributed by atoms with Gasteiger partial charge in [0.2, 0.25) is 0 Å². The van der Waals surface area contributed by atoms with E-state index in [0.717, 1.165) is 45.1 Å². The Hall–Kier alpha value is -7.48. The van der Waals surface area contributed by atoms with Gasteiger partial charge in [0.05, 0.1) is 23.7 Å². The van der Waals surface area contributed by atoms with Gasteiger partial charge in [0, 0.05) is 29.7 Å². The number of hydrogen-bond acceptors (Lipinski definition) is 10. The van der Waals surface area contributed by atoms with Crippen molar-refractivity contribution in [3.05, 3.63) is 179 Å². The van der Waals surface area contributed by atoms with Crippen molar-refractivity contribution in [2.45, 2.75) is 144 Å². The van der Waals surface area contributed by atoms with Crippen molar-refractivity contribution in [1.82, 2.24) is 0 Å². The summed E-state index contributed by atoms with van der Waals surface area (Å²) in [4.78, 5) is 49.6. The van der Waals surface area contributed by atoms with Crippen LogP contribution in [0.15, 0.2) is 146 Å². The molecule has 6 aromatic carbocycles. The van der Waals surface area contributed by atoms with Crippen LogP contribution in [0.2, 0.25) is 0 Å². The fourth-order valence-corrected chi connectivity index (χ4v) is 7.78. The molecule has 1 saturated heterocycles. The summed E-state index contributed by atoms with van der Waals surface area (Å²) in [5, 5.41) is 8.65. The van der Waals surface area contributed by atoms with E-state index >= 15 is 0 Å². The molecule has 0 spiro atoms. The lowest BCUT2D eigenvalue weighted by Gasteiger charge is -2.24. The van der Waals surface area contributed by atoms with Gasteiger partial charge >= 0.3 is 6.16 Å². The van der Waals surface area contributed by atoms with Gasteiger partial charge in [-0.25, -0.2) is 4.79 Å². The van der Waals surface area contributed by atoms with E-state index in [1.807, 2.05) is 116 Å². The monoisotopic (exact) mass is 1060 g/mol. The highest BCUT2D eigenvalue weighted by molar-refractivity contribution is 6.06. The normalized spacial score (nSPS) is 13.9. The molecule has 7 rings (SSSR count). The van der Waals surface area contributed by atoms with Gasteiger partial charge in [0.1, 0.15) is 17.1 Å². The van der Waals surface area contributed by atoms with Crippen LogP contribution in [0.4, 0.5) is 21.9 Å². The lowest BCUT2D eigenvalue weighted by Crippen LogP contribution is -2.26. The Morgan fingerprint density at radius 3 is 1.44 bits per heavy atom. The highest BCUT2D eigenvalue weighted by Gasteiger charge is 2.22. The molecule has 3 N–H and O–H groups in total. The zero-order chi connectivity index (χ0) is 56.7. The molecule has 78 heavy (non-hydrogen) atoms. The van der Waals surface area contributed by atoms with Gasteiger partial charge in [0.15, 0.2) is 18.8 Å². The summed E-state index contributed by atoms with van der Waals surface area (Å²) < 4.78 is 32.8. The van der Waals surface area contributed by atoms with E-state index in [1.54, 1.807) is 57.2 Å². The second kappa shape index (κ2) is 30.5. The van der Waals surface area contributed by atoms with E-state index < -0.39 is 11.8 Å². The van der Waals surface area contributed by atoms with E-state index in [9.17, 15) is 19.2 Å². The number of ether oxygens (including phenoxy) is 6. The summed E-state index contributed by atoms with van der Waals surface area (Å²) in [7, 11) is 0. The van der Waals surface area contributed by atoms with Gasteiger partial charge in [-0.1, -0.05) is 121 Å². The Kier molecular flexibility index (Phi) is 24.0. The van der Waals surface area contributed by atoms with Gasteiger partial charge in [-0.3, -0.25) is 14.4 Å². The zero-order valence-electron chi connectivity index (χ0n) is 47.5. The van der Waals surface area contributed by atoms with E-state index in [0.29, 0.717) is 63.7 Å². The third-order valence-electron chi connectivity index (χ3n) is 13.4. The van der Waals surface area contributed by atoms with Crippen molar-refractivity contribution in [2.75, 3.05) is 36.0 Å². The third-order valence-corrected chi connectivity index (χ3v) is 13.4. The zero-order valence-corrected chi connectivity index (χ0v) is 47.5. The van der Waals surface area contributed by atoms with Crippen LogP contribution < -0.4 is 30.2 Å². The smallest absolute Gasteiger partial charge is 0.465 e. The van der Waals surface area contributed by atoms with Crippen molar-refractivity contribution in [3.8, 4) is 17.2 Å². The molecule has 0 aliphatic carbocycles. The van der Waals surface area contributed by atoms with Gasteiger partial charge in [-0.05, 0) is 167 Å². The van der Waals surface area contributed by atoms with Crippen LogP contribution in [0.1, 0.15) is 174 Å². The standard InChI is InChI=1S/C22H27NO4.C22H27NO3.C21H27NO3/c1-6-15(2)16-11-13-17(14-12-16)20(24)23-18-9-7-8-10-19(18)26-21(25)27-22(3,4)5;1-3-16(2)17-11-13-18(14-12-17)22(24)23-19-8-4-5-9-20(19)26-21-10-6-7-15-25-21;1-5-21(3,4)17-13-11-16(12-14-17)20(23)22-18-9-7-8-10-19(18)25-15-24-6-2/h7-15H,6H2,1-5H3,(H,23,24);4-5,8-9,11-14,16,21H,3,6-7,10,15H2,1-2H3,(H,23,24);7-14H,5-6,15H2,1-4H3,(H,22,23). The molecule has 416 valence electrons. The summed E-state index contributed by atoms with van der Waals surface area (Å²) in [6, 6.07) is 44.7. The first kappa shape index (κ1) is 61.4. The number of benzene rings is 6. The van der Waals surface area contributed by atoms with Gasteiger partial charge in [-0.2, -0.15) is 0 Å². The minimum Gasteiger partial charge on any atom is -0.465 e. The van der Waals surface area contributed by atoms with Crippen LogP contribution in [0.5, 0.6) is 17.2 Å². The largest absolute Gasteiger partial charge is 0.514 e. The number of hydrogen-bond donors (Lipinski definition) is 3. The Balaban J connectivity index is 0.000000216. The van der Waals surface area contributed by atoms with Crippen molar-refractivity contribution >= 4 is 40.9 Å². The van der Waals surface area contributed by atoms with E-state index in [-0.39, 0.29) is 42.0 Å². The maximum atomic E-state index is 12.6. The minimum atomic E-state index is -0.817. The quantitative estimate of drug-likeness (QED) is 0.0308. The summed E-state index contributed by atoms with van der Waals surface area (Å²) in [5.41, 5.74) is 6.62. The van der Waals surface area contributed by atoms with Crippen LogP contribution in [0, 0.1) is 0 Å². The van der Waals surface area contributed by atoms with E-state index in [1.165, 1.54) is 16.7 Å². The van der Waals surface area contributed by atoms with Crippen molar-refractivity contribution in [3.63, 3.8) is 0 Å². The summed E-state index contributed by atoms with van der Waals surface area (Å²) in [6.45, 7) is 23.8. The van der Waals surface area contributed by atoms with E-state index in [4.69, 9.17) is 28.4 Å². The molecule has 13 nitrogen and oxygen atoms in total. The van der Waals surface area contributed by atoms with Crippen LogP contribution in [-0.2, 0) is 19.6 Å². The Morgan fingerprint density at radius 1 is 0.564 bits per heavy atom. The number of rotatable bonds is 19. The van der Waals surface area contributed by atoms with Crippen LogP contribution in [-0.4, -0.2) is 55.8 Å². The molecule has 0 radical (unpaired) electrons.